The maximum absolute atomic E-state index is 14.3. The lowest BCUT2D eigenvalue weighted by Crippen LogP contribution is -2.54. The number of carbonyl (C=O) groups is 2. The smallest absolute Gasteiger partial charge is 0.326 e. The monoisotopic (exact) mass is 328 g/mol. The number of carboxylic acids is 1. The summed E-state index contributed by atoms with van der Waals surface area (Å²) < 4.78 is 14.3. The van der Waals surface area contributed by atoms with Gasteiger partial charge in [-0.3, -0.25) is 4.79 Å². The summed E-state index contributed by atoms with van der Waals surface area (Å²) in [6.45, 7) is 9.66. The maximum Gasteiger partial charge on any atom is 0.326 e. The van der Waals surface area contributed by atoms with Crippen molar-refractivity contribution < 1.29 is 19.1 Å². The van der Waals surface area contributed by atoms with E-state index in [1.807, 2.05) is 27.7 Å². The Bertz CT molecular complexity index is 491. The predicted octanol–water partition coefficient (Wildman–Crippen LogP) is 1.90. The largest absolute Gasteiger partial charge is 0.480 e. The number of likely N-dealkylation sites (tertiary alicyclic amines) is 1. The van der Waals surface area contributed by atoms with Crippen LogP contribution in [0.4, 0.5) is 4.39 Å². The van der Waals surface area contributed by atoms with E-state index >= 15 is 0 Å². The van der Waals surface area contributed by atoms with Crippen molar-refractivity contribution in [3.8, 4) is 0 Å². The summed E-state index contributed by atoms with van der Waals surface area (Å²) >= 11 is 0. The summed E-state index contributed by atoms with van der Waals surface area (Å²) in [5.74, 6) is -2.01. The molecule has 1 heterocycles. The minimum absolute atomic E-state index is 0.0224. The third-order valence-corrected chi connectivity index (χ3v) is 5.84. The molecule has 0 radical (unpaired) electrons. The van der Waals surface area contributed by atoms with Crippen LogP contribution in [0.1, 0.15) is 41.0 Å². The van der Waals surface area contributed by atoms with Crippen LogP contribution in [-0.4, -0.2) is 46.7 Å². The lowest BCUT2D eigenvalue weighted by Gasteiger charge is -2.39. The number of fused-ring (bicyclic) bond motifs is 1. The quantitative estimate of drug-likeness (QED) is 0.811. The summed E-state index contributed by atoms with van der Waals surface area (Å²) in [6.07, 6.45) is -0.582. The summed E-state index contributed by atoms with van der Waals surface area (Å²) in [4.78, 5) is 26.0. The molecule has 0 aromatic heterocycles. The normalized spacial score (nSPS) is 39.0. The van der Waals surface area contributed by atoms with Crippen molar-refractivity contribution in [2.45, 2.75) is 59.3 Å². The highest BCUT2D eigenvalue weighted by Crippen LogP contribution is 2.48. The van der Waals surface area contributed by atoms with Gasteiger partial charge in [-0.15, -0.1) is 0 Å². The van der Waals surface area contributed by atoms with Gasteiger partial charge in [-0.1, -0.05) is 34.6 Å². The molecule has 0 bridgehead atoms. The Morgan fingerprint density at radius 3 is 2.35 bits per heavy atom. The number of nitrogens with zero attached hydrogens (tertiary/aromatic N) is 1. The molecule has 1 saturated carbocycles. The second-order valence-electron chi connectivity index (χ2n) is 8.45. The van der Waals surface area contributed by atoms with Gasteiger partial charge in [0.25, 0.3) is 0 Å². The second-order valence-corrected chi connectivity index (χ2v) is 8.45. The van der Waals surface area contributed by atoms with Gasteiger partial charge in [0.15, 0.2) is 0 Å². The first-order chi connectivity index (χ1) is 10.5. The first-order valence-corrected chi connectivity index (χ1v) is 8.39. The zero-order valence-corrected chi connectivity index (χ0v) is 14.6. The molecule has 0 aromatic rings. The number of hydrogen-bond acceptors (Lipinski definition) is 3. The van der Waals surface area contributed by atoms with Gasteiger partial charge in [0.1, 0.15) is 12.2 Å². The molecule has 23 heavy (non-hydrogen) atoms. The van der Waals surface area contributed by atoms with Crippen molar-refractivity contribution in [3.63, 3.8) is 0 Å². The molecule has 1 aliphatic heterocycles. The Hall–Kier alpha value is -1.17. The van der Waals surface area contributed by atoms with E-state index in [-0.39, 0.29) is 29.6 Å². The van der Waals surface area contributed by atoms with E-state index in [2.05, 4.69) is 0 Å². The van der Waals surface area contributed by atoms with Crippen LogP contribution in [0.25, 0.3) is 0 Å². The van der Waals surface area contributed by atoms with E-state index in [1.165, 1.54) is 4.90 Å². The summed E-state index contributed by atoms with van der Waals surface area (Å²) in [5.41, 5.74) is 5.61. The lowest BCUT2D eigenvalue weighted by atomic mass is 9.66. The standard InChI is InChI=1S/C17H29FN2O3/c1-8-6-11(18)9(2)12-10(8)7-20(13(12)16(22)23)15(21)14(19)17(3,4)5/h8-14H,6-7,19H2,1-5H3,(H,22,23)/t8-,9+,10+,11+,12-,13-,14+/m0/s1. The fourth-order valence-electron chi connectivity index (χ4n) is 4.20. The lowest BCUT2D eigenvalue weighted by molar-refractivity contribution is -0.152. The topological polar surface area (TPSA) is 83.6 Å². The Morgan fingerprint density at radius 1 is 1.30 bits per heavy atom. The van der Waals surface area contributed by atoms with Crippen molar-refractivity contribution in [2.75, 3.05) is 6.54 Å². The Kier molecular flexibility index (Phi) is 4.77. The Morgan fingerprint density at radius 2 is 1.87 bits per heavy atom. The molecule has 2 rings (SSSR count). The minimum atomic E-state index is -1.06. The zero-order chi connectivity index (χ0) is 17.7. The highest BCUT2D eigenvalue weighted by molar-refractivity contribution is 5.88. The van der Waals surface area contributed by atoms with Crippen molar-refractivity contribution in [2.24, 2.45) is 34.8 Å². The molecule has 0 spiro atoms. The molecule has 1 saturated heterocycles. The summed E-state index contributed by atoms with van der Waals surface area (Å²) in [6, 6.07) is -1.74. The van der Waals surface area contributed by atoms with Gasteiger partial charge in [-0.25, -0.2) is 9.18 Å². The van der Waals surface area contributed by atoms with Crippen molar-refractivity contribution in [1.82, 2.24) is 4.90 Å². The molecular weight excluding hydrogens is 299 g/mol. The fraction of sp³-hybridized carbons (Fsp3) is 0.882. The Balaban J connectivity index is 2.35. The number of hydrogen-bond donors (Lipinski definition) is 2. The second kappa shape index (κ2) is 6.04. The molecular formula is C17H29FN2O3. The number of halogens is 1. The van der Waals surface area contributed by atoms with E-state index in [0.29, 0.717) is 13.0 Å². The van der Waals surface area contributed by atoms with Gasteiger partial charge in [0, 0.05) is 12.5 Å². The van der Waals surface area contributed by atoms with Crippen LogP contribution in [0, 0.1) is 29.1 Å². The van der Waals surface area contributed by atoms with Crippen LogP contribution in [0.5, 0.6) is 0 Å². The minimum Gasteiger partial charge on any atom is -0.480 e. The van der Waals surface area contributed by atoms with E-state index < -0.39 is 29.6 Å². The van der Waals surface area contributed by atoms with Gasteiger partial charge < -0.3 is 15.7 Å². The predicted molar refractivity (Wildman–Crippen MR) is 85.4 cm³/mol. The third-order valence-electron chi connectivity index (χ3n) is 5.84. The van der Waals surface area contributed by atoms with Crippen LogP contribution in [0.2, 0.25) is 0 Å². The Labute approximate surface area is 137 Å². The number of nitrogens with two attached hydrogens (primary N) is 1. The zero-order valence-electron chi connectivity index (χ0n) is 14.6. The molecule has 0 aromatic carbocycles. The van der Waals surface area contributed by atoms with E-state index in [4.69, 9.17) is 5.73 Å². The van der Waals surface area contributed by atoms with Gasteiger partial charge in [0.2, 0.25) is 5.91 Å². The van der Waals surface area contributed by atoms with Gasteiger partial charge in [-0.05, 0) is 29.6 Å². The van der Waals surface area contributed by atoms with Crippen molar-refractivity contribution >= 4 is 11.9 Å². The number of alkyl halides is 1. The molecule has 6 heteroatoms. The molecule has 132 valence electrons. The fourth-order valence-corrected chi connectivity index (χ4v) is 4.20. The number of carboxylic acid groups (broad SMARTS) is 1. The highest BCUT2D eigenvalue weighted by atomic mass is 19.1. The third kappa shape index (κ3) is 3.10. The van der Waals surface area contributed by atoms with Crippen LogP contribution < -0.4 is 5.73 Å². The van der Waals surface area contributed by atoms with Crippen molar-refractivity contribution in [3.05, 3.63) is 0 Å². The van der Waals surface area contributed by atoms with Gasteiger partial charge in [0.05, 0.1) is 6.04 Å². The number of aliphatic carboxylic acids is 1. The molecule has 7 atom stereocenters. The molecule has 1 aliphatic carbocycles. The first-order valence-electron chi connectivity index (χ1n) is 8.39. The van der Waals surface area contributed by atoms with Crippen LogP contribution >= 0.6 is 0 Å². The van der Waals surface area contributed by atoms with Crippen LogP contribution in [0.15, 0.2) is 0 Å². The average molecular weight is 328 g/mol. The highest BCUT2D eigenvalue weighted by Gasteiger charge is 2.56. The summed E-state index contributed by atoms with van der Waals surface area (Å²) in [7, 11) is 0. The van der Waals surface area contributed by atoms with Crippen molar-refractivity contribution in [1.29, 1.82) is 0 Å². The maximum atomic E-state index is 14.3. The first kappa shape index (κ1) is 18.2. The van der Waals surface area contributed by atoms with E-state index in [9.17, 15) is 19.1 Å². The number of rotatable bonds is 2. The molecule has 2 fully saturated rings. The molecule has 2 aliphatic rings. The molecule has 0 unspecified atom stereocenters. The average Bonchev–Trinajstić information content (AvgIpc) is 2.83. The van der Waals surface area contributed by atoms with Crippen LogP contribution in [0.3, 0.4) is 0 Å². The van der Waals surface area contributed by atoms with E-state index in [0.717, 1.165) is 0 Å². The SMILES string of the molecule is C[C@H]1[C@H]2[C@H](CN(C(=O)[C@@H](N)C(C)(C)C)[C@@H]2C(=O)O)[C@@H](C)C[C@H]1F. The number of carbonyl (C=O) groups excluding carboxylic acids is 1. The van der Waals surface area contributed by atoms with E-state index in [1.54, 1.807) is 6.92 Å². The summed E-state index contributed by atoms with van der Waals surface area (Å²) in [5, 5.41) is 9.69. The van der Waals surface area contributed by atoms with Crippen LogP contribution in [-0.2, 0) is 9.59 Å². The molecule has 3 N–H and O–H groups in total. The van der Waals surface area contributed by atoms with Gasteiger partial charge >= 0.3 is 5.97 Å². The number of amides is 1. The van der Waals surface area contributed by atoms with Gasteiger partial charge in [-0.2, -0.15) is 0 Å². The molecule has 1 amide bonds. The molecule has 5 nitrogen and oxygen atoms in total.